The lowest BCUT2D eigenvalue weighted by molar-refractivity contribution is 0.194. The summed E-state index contributed by atoms with van der Waals surface area (Å²) in [6, 6.07) is 0. The van der Waals surface area contributed by atoms with Crippen LogP contribution in [0.4, 0.5) is 4.79 Å². The Morgan fingerprint density at radius 2 is 2.20 bits per heavy atom. The van der Waals surface area contributed by atoms with Crippen molar-refractivity contribution in [1.29, 1.82) is 0 Å². The van der Waals surface area contributed by atoms with Crippen LogP contribution < -0.4 is 5.32 Å². The predicted molar refractivity (Wildman–Crippen MR) is 47.0 cm³/mol. The summed E-state index contributed by atoms with van der Waals surface area (Å²) in [6.45, 7) is 0.479. The Morgan fingerprint density at radius 3 is 2.60 bits per heavy atom. The first-order chi connectivity index (χ1) is 4.63. The van der Waals surface area contributed by atoms with Gasteiger partial charge >= 0.3 is 6.09 Å². The van der Waals surface area contributed by atoms with Crippen LogP contribution in [0.15, 0.2) is 0 Å². The summed E-state index contributed by atoms with van der Waals surface area (Å²) in [5.74, 6) is 0. The third kappa shape index (κ3) is 7.97. The molecule has 0 fully saturated rings. The van der Waals surface area contributed by atoms with Crippen molar-refractivity contribution >= 4 is 31.4 Å². The summed E-state index contributed by atoms with van der Waals surface area (Å²) in [6.07, 6.45) is 0.617. The molecular weight excluding hydrogens is 170 g/mol. The number of amides is 1. The minimum atomic E-state index is -0.977. The van der Waals surface area contributed by atoms with E-state index in [1.807, 2.05) is 0 Å². The zero-order valence-corrected chi connectivity index (χ0v) is 7.24. The van der Waals surface area contributed by atoms with Gasteiger partial charge in [0.25, 0.3) is 0 Å². The molecule has 3 nitrogen and oxygen atoms in total. The average Bonchev–Trinajstić information content (AvgIpc) is 1.79. The normalized spacial score (nSPS) is 9.90. The number of rotatable bonds is 4. The largest absolute Gasteiger partial charge is 0.465 e. The van der Waals surface area contributed by atoms with Gasteiger partial charge in [0.05, 0.1) is 0 Å². The molecule has 0 spiro atoms. The number of thiol groups is 2. The van der Waals surface area contributed by atoms with Gasteiger partial charge in [-0.1, -0.05) is 0 Å². The number of carbonyl (C=O) groups is 1. The van der Waals surface area contributed by atoms with E-state index in [2.05, 4.69) is 30.6 Å². The molecule has 0 saturated heterocycles. The highest BCUT2D eigenvalue weighted by atomic mass is 32.2. The number of nitrogens with one attached hydrogen (secondary N) is 1. The lowest BCUT2D eigenvalue weighted by atomic mass is 10.3. The minimum absolute atomic E-state index is 0.0515. The third-order valence-corrected chi connectivity index (χ3v) is 1.43. The van der Waals surface area contributed by atoms with Crippen molar-refractivity contribution in [2.75, 3.05) is 6.54 Å². The molecule has 60 valence electrons. The molecule has 0 aromatic carbocycles. The Hall–Kier alpha value is -0.0300. The molecule has 0 atom stereocenters. The van der Waals surface area contributed by atoms with Gasteiger partial charge in [0.1, 0.15) is 0 Å². The van der Waals surface area contributed by atoms with Crippen molar-refractivity contribution in [1.82, 2.24) is 5.32 Å². The maximum atomic E-state index is 9.89. The van der Waals surface area contributed by atoms with Gasteiger partial charge in [-0.25, -0.2) is 4.79 Å². The topological polar surface area (TPSA) is 49.3 Å². The van der Waals surface area contributed by atoms with E-state index in [1.165, 1.54) is 0 Å². The van der Waals surface area contributed by atoms with Crippen molar-refractivity contribution in [3.8, 4) is 0 Å². The monoisotopic (exact) mass is 181 g/mol. The summed E-state index contributed by atoms with van der Waals surface area (Å²) in [5.41, 5.74) is 0. The van der Waals surface area contributed by atoms with Gasteiger partial charge in [-0.2, -0.15) is 25.3 Å². The molecule has 2 N–H and O–H groups in total. The molecular formula is C5H11NO2S2. The van der Waals surface area contributed by atoms with Crippen LogP contribution in [0.3, 0.4) is 0 Å². The number of hydrogen-bond acceptors (Lipinski definition) is 3. The quantitative estimate of drug-likeness (QED) is 0.299. The summed E-state index contributed by atoms with van der Waals surface area (Å²) < 4.78 is 0.0515. The average molecular weight is 181 g/mol. The second kappa shape index (κ2) is 5.73. The molecule has 1 amide bonds. The molecule has 0 aromatic rings. The summed E-state index contributed by atoms with van der Waals surface area (Å²) in [5, 5.41) is 10.4. The standard InChI is InChI=1S/C5H11NO2S2/c7-5(8)6-3-1-2-4(9)10/h4,6,9-10H,1-3H2,(H,7,8). The van der Waals surface area contributed by atoms with E-state index in [0.29, 0.717) is 6.54 Å². The molecule has 10 heavy (non-hydrogen) atoms. The molecule has 0 bridgehead atoms. The smallest absolute Gasteiger partial charge is 0.404 e. The molecule has 0 aliphatic carbocycles. The lowest BCUT2D eigenvalue weighted by Gasteiger charge is -2.01. The van der Waals surface area contributed by atoms with Crippen molar-refractivity contribution in [2.24, 2.45) is 0 Å². The Balaban J connectivity index is 2.98. The molecule has 0 heterocycles. The first kappa shape index (κ1) is 9.97. The lowest BCUT2D eigenvalue weighted by Crippen LogP contribution is -2.22. The maximum absolute atomic E-state index is 9.89. The van der Waals surface area contributed by atoms with Crippen molar-refractivity contribution in [3.63, 3.8) is 0 Å². The Bertz CT molecular complexity index is 108. The Morgan fingerprint density at radius 1 is 1.60 bits per heavy atom. The van der Waals surface area contributed by atoms with Crippen LogP contribution in [0.2, 0.25) is 0 Å². The Kier molecular flexibility index (Phi) is 5.71. The van der Waals surface area contributed by atoms with E-state index in [-0.39, 0.29) is 4.58 Å². The molecule has 0 unspecified atom stereocenters. The van der Waals surface area contributed by atoms with Crippen LogP contribution in [-0.4, -0.2) is 22.3 Å². The number of carboxylic acid groups (broad SMARTS) is 1. The zero-order valence-electron chi connectivity index (χ0n) is 5.45. The van der Waals surface area contributed by atoms with Crippen molar-refractivity contribution in [3.05, 3.63) is 0 Å². The van der Waals surface area contributed by atoms with E-state index in [9.17, 15) is 4.79 Å². The van der Waals surface area contributed by atoms with Gasteiger partial charge in [-0.15, -0.1) is 0 Å². The van der Waals surface area contributed by atoms with E-state index < -0.39 is 6.09 Å². The summed E-state index contributed by atoms with van der Waals surface area (Å²) in [7, 11) is 0. The highest BCUT2D eigenvalue weighted by molar-refractivity contribution is 7.99. The molecule has 0 aliphatic heterocycles. The van der Waals surface area contributed by atoms with E-state index >= 15 is 0 Å². The highest BCUT2D eigenvalue weighted by Gasteiger charge is 1.96. The van der Waals surface area contributed by atoms with Crippen LogP contribution in [0, 0.1) is 0 Å². The van der Waals surface area contributed by atoms with E-state index in [0.717, 1.165) is 12.8 Å². The fraction of sp³-hybridized carbons (Fsp3) is 0.800. The van der Waals surface area contributed by atoms with Crippen molar-refractivity contribution < 1.29 is 9.90 Å². The first-order valence-corrected chi connectivity index (χ1v) is 3.99. The van der Waals surface area contributed by atoms with Crippen LogP contribution in [-0.2, 0) is 0 Å². The van der Waals surface area contributed by atoms with Gasteiger partial charge in [0.2, 0.25) is 0 Å². The van der Waals surface area contributed by atoms with Crippen LogP contribution in [0.5, 0.6) is 0 Å². The minimum Gasteiger partial charge on any atom is -0.465 e. The second-order valence-corrected chi connectivity index (χ2v) is 3.51. The highest BCUT2D eigenvalue weighted by Crippen LogP contribution is 2.06. The second-order valence-electron chi connectivity index (χ2n) is 1.85. The van der Waals surface area contributed by atoms with Crippen molar-refractivity contribution in [2.45, 2.75) is 17.4 Å². The van der Waals surface area contributed by atoms with Gasteiger partial charge in [-0.3, -0.25) is 0 Å². The van der Waals surface area contributed by atoms with Crippen LogP contribution >= 0.6 is 25.3 Å². The molecule has 0 aromatic heterocycles. The first-order valence-electron chi connectivity index (χ1n) is 2.96. The summed E-state index contributed by atoms with van der Waals surface area (Å²) >= 11 is 8.02. The SMILES string of the molecule is O=C(O)NCCCC(S)S. The van der Waals surface area contributed by atoms with Gasteiger partial charge in [-0.05, 0) is 12.8 Å². The van der Waals surface area contributed by atoms with Crippen LogP contribution in [0.1, 0.15) is 12.8 Å². The zero-order chi connectivity index (χ0) is 7.98. The maximum Gasteiger partial charge on any atom is 0.404 e. The molecule has 0 aliphatic rings. The van der Waals surface area contributed by atoms with Gasteiger partial charge in [0.15, 0.2) is 0 Å². The van der Waals surface area contributed by atoms with E-state index in [4.69, 9.17) is 5.11 Å². The number of hydrogen-bond donors (Lipinski definition) is 4. The van der Waals surface area contributed by atoms with Crippen LogP contribution in [0.25, 0.3) is 0 Å². The molecule has 0 saturated carbocycles. The fourth-order valence-electron chi connectivity index (χ4n) is 0.480. The molecule has 5 heteroatoms. The fourth-order valence-corrected chi connectivity index (χ4v) is 0.845. The van der Waals surface area contributed by atoms with Gasteiger partial charge < -0.3 is 10.4 Å². The summed E-state index contributed by atoms with van der Waals surface area (Å²) in [4.78, 5) is 9.89. The molecule has 0 rings (SSSR count). The predicted octanol–water partition coefficient (Wildman–Crippen LogP) is 1.22. The van der Waals surface area contributed by atoms with E-state index in [1.54, 1.807) is 0 Å². The van der Waals surface area contributed by atoms with Gasteiger partial charge in [0, 0.05) is 11.1 Å². The molecule has 0 radical (unpaired) electrons. The Labute approximate surface area is 71.0 Å². The third-order valence-electron chi connectivity index (χ3n) is 0.915.